The molecular weight excluding hydrogens is 296 g/mol. The van der Waals surface area contributed by atoms with Crippen molar-refractivity contribution in [3.63, 3.8) is 0 Å². The maximum Gasteiger partial charge on any atom is 0.411 e. The third kappa shape index (κ3) is 3.64. The topological polar surface area (TPSA) is 81.9 Å². The molecule has 0 fully saturated rings. The minimum Gasteiger partial charge on any atom is -0.467 e. The Kier molecular flexibility index (Phi) is 4.94. The Labute approximate surface area is 136 Å². The number of amides is 1. The van der Waals surface area contributed by atoms with E-state index in [0.717, 1.165) is 11.1 Å². The Balaban J connectivity index is 2.47. The zero-order valence-corrected chi connectivity index (χ0v) is 14.0. The van der Waals surface area contributed by atoms with Crippen molar-refractivity contribution in [2.45, 2.75) is 44.9 Å². The van der Waals surface area contributed by atoms with E-state index in [1.54, 1.807) is 20.8 Å². The van der Waals surface area contributed by atoms with Gasteiger partial charge in [-0.3, -0.25) is 4.90 Å². The molecule has 0 aliphatic carbocycles. The van der Waals surface area contributed by atoms with Gasteiger partial charge in [-0.1, -0.05) is 24.3 Å². The Hall–Kier alpha value is -2.08. The van der Waals surface area contributed by atoms with Crippen LogP contribution in [0.15, 0.2) is 24.3 Å². The predicted octanol–water partition coefficient (Wildman–Crippen LogP) is 2.02. The van der Waals surface area contributed by atoms with E-state index in [4.69, 9.17) is 15.2 Å². The third-order valence-corrected chi connectivity index (χ3v) is 3.78. The van der Waals surface area contributed by atoms with E-state index >= 15 is 0 Å². The van der Waals surface area contributed by atoms with E-state index in [2.05, 4.69) is 0 Å². The van der Waals surface area contributed by atoms with Gasteiger partial charge in [-0.05, 0) is 38.3 Å². The zero-order chi connectivity index (χ0) is 17.2. The number of nitrogens with zero attached hydrogens (tertiary/aromatic N) is 1. The number of carbonyl (C=O) groups excluding carboxylic acids is 2. The highest BCUT2D eigenvalue weighted by molar-refractivity contribution is 5.84. The molecule has 1 aliphatic rings. The van der Waals surface area contributed by atoms with Crippen LogP contribution in [0.25, 0.3) is 0 Å². The fourth-order valence-corrected chi connectivity index (χ4v) is 2.82. The van der Waals surface area contributed by atoms with Crippen LogP contribution in [0.1, 0.15) is 37.9 Å². The molecule has 0 saturated carbocycles. The molecule has 6 heteroatoms. The number of methoxy groups -OCH3 is 1. The number of esters is 1. The van der Waals surface area contributed by atoms with Gasteiger partial charge in [-0.15, -0.1) is 0 Å². The van der Waals surface area contributed by atoms with Gasteiger partial charge in [0.05, 0.1) is 13.2 Å². The number of hydrogen-bond donors (Lipinski definition) is 1. The second-order valence-corrected chi connectivity index (χ2v) is 6.61. The summed E-state index contributed by atoms with van der Waals surface area (Å²) >= 11 is 0. The molecule has 1 aromatic carbocycles. The van der Waals surface area contributed by atoms with Gasteiger partial charge in [0.2, 0.25) is 0 Å². The highest BCUT2D eigenvalue weighted by Gasteiger charge is 2.43. The van der Waals surface area contributed by atoms with Crippen molar-refractivity contribution >= 4 is 12.1 Å². The molecule has 1 unspecified atom stereocenters. The van der Waals surface area contributed by atoms with Crippen molar-refractivity contribution in [1.29, 1.82) is 0 Å². The molecule has 1 heterocycles. The summed E-state index contributed by atoms with van der Waals surface area (Å²) in [7, 11) is 1.31. The summed E-state index contributed by atoms with van der Waals surface area (Å²) in [6.45, 7) is 5.59. The average molecular weight is 320 g/mol. The summed E-state index contributed by atoms with van der Waals surface area (Å²) in [6, 6.07) is 6.37. The molecular formula is C17H24N2O4. The molecule has 1 amide bonds. The summed E-state index contributed by atoms with van der Waals surface area (Å²) in [6.07, 6.45) is 0.0252. The summed E-state index contributed by atoms with van der Waals surface area (Å²) < 4.78 is 10.4. The van der Waals surface area contributed by atoms with Gasteiger partial charge >= 0.3 is 12.1 Å². The summed E-state index contributed by atoms with van der Waals surface area (Å²) in [5.41, 5.74) is 6.95. The Morgan fingerprint density at radius 3 is 2.52 bits per heavy atom. The van der Waals surface area contributed by atoms with Crippen molar-refractivity contribution in [2.75, 3.05) is 13.7 Å². The lowest BCUT2D eigenvalue weighted by molar-refractivity contribution is -0.148. The van der Waals surface area contributed by atoms with Crippen LogP contribution in [0.3, 0.4) is 0 Å². The van der Waals surface area contributed by atoms with E-state index in [1.807, 2.05) is 24.3 Å². The molecule has 1 aromatic rings. The molecule has 2 atom stereocenters. The van der Waals surface area contributed by atoms with E-state index in [0.29, 0.717) is 6.42 Å². The van der Waals surface area contributed by atoms with Gasteiger partial charge in [0.25, 0.3) is 0 Å². The first-order chi connectivity index (χ1) is 10.8. The van der Waals surface area contributed by atoms with E-state index < -0.39 is 23.7 Å². The Morgan fingerprint density at radius 2 is 1.96 bits per heavy atom. The normalized spacial score (nSPS) is 20.7. The molecule has 0 spiro atoms. The van der Waals surface area contributed by atoms with Crippen LogP contribution in [0.5, 0.6) is 0 Å². The first kappa shape index (κ1) is 17.3. The van der Waals surface area contributed by atoms with Crippen LogP contribution in [0.4, 0.5) is 4.79 Å². The second kappa shape index (κ2) is 6.58. The number of benzene rings is 1. The summed E-state index contributed by atoms with van der Waals surface area (Å²) in [4.78, 5) is 26.4. The minimum absolute atomic E-state index is 0.237. The number of carbonyl (C=O) groups is 2. The van der Waals surface area contributed by atoms with Crippen molar-refractivity contribution in [2.24, 2.45) is 5.73 Å². The molecule has 0 radical (unpaired) electrons. The minimum atomic E-state index is -0.839. The average Bonchev–Trinajstić information content (AvgIpc) is 2.50. The lowest BCUT2D eigenvalue weighted by atomic mass is 9.88. The van der Waals surface area contributed by atoms with Gasteiger partial charge in [0, 0.05) is 6.54 Å². The maximum atomic E-state index is 12.7. The molecule has 2 rings (SSSR count). The quantitative estimate of drug-likeness (QED) is 0.843. The lowest BCUT2D eigenvalue weighted by Gasteiger charge is -2.41. The number of ether oxygens (including phenoxy) is 2. The highest BCUT2D eigenvalue weighted by Crippen LogP contribution is 2.35. The molecule has 1 aliphatic heterocycles. The smallest absolute Gasteiger partial charge is 0.411 e. The van der Waals surface area contributed by atoms with E-state index in [-0.39, 0.29) is 12.6 Å². The molecule has 126 valence electrons. The van der Waals surface area contributed by atoms with Crippen LogP contribution >= 0.6 is 0 Å². The number of hydrogen-bond acceptors (Lipinski definition) is 5. The van der Waals surface area contributed by atoms with Crippen LogP contribution in [0.2, 0.25) is 0 Å². The van der Waals surface area contributed by atoms with Crippen molar-refractivity contribution in [3.05, 3.63) is 35.4 Å². The summed E-state index contributed by atoms with van der Waals surface area (Å²) in [5.74, 6) is -0.499. The summed E-state index contributed by atoms with van der Waals surface area (Å²) in [5, 5.41) is 0. The number of fused-ring (bicyclic) bond motifs is 1. The molecule has 6 nitrogen and oxygen atoms in total. The monoisotopic (exact) mass is 320 g/mol. The first-order valence-electron chi connectivity index (χ1n) is 7.65. The van der Waals surface area contributed by atoms with Crippen LogP contribution < -0.4 is 5.73 Å². The zero-order valence-electron chi connectivity index (χ0n) is 14.0. The van der Waals surface area contributed by atoms with Gasteiger partial charge in [0.1, 0.15) is 5.60 Å². The maximum absolute atomic E-state index is 12.7. The van der Waals surface area contributed by atoms with Crippen molar-refractivity contribution in [3.8, 4) is 0 Å². The largest absolute Gasteiger partial charge is 0.467 e. The standard InChI is InChI=1S/C17H24N2O4/c1-17(2,3)23-16(21)19-12(10-18)9-11-7-5-6-8-13(11)14(19)15(20)22-4/h5-8,12,14H,9-10,18H2,1-4H3/t12-,14?/m0/s1. The van der Waals surface area contributed by atoms with Crippen LogP contribution in [-0.2, 0) is 20.7 Å². The fourth-order valence-electron chi connectivity index (χ4n) is 2.82. The van der Waals surface area contributed by atoms with Gasteiger partial charge < -0.3 is 15.2 Å². The van der Waals surface area contributed by atoms with Crippen LogP contribution in [-0.4, -0.2) is 42.3 Å². The van der Waals surface area contributed by atoms with Crippen molar-refractivity contribution < 1.29 is 19.1 Å². The van der Waals surface area contributed by atoms with E-state index in [9.17, 15) is 9.59 Å². The number of rotatable bonds is 2. The fraction of sp³-hybridized carbons (Fsp3) is 0.529. The molecule has 0 aromatic heterocycles. The molecule has 2 N–H and O–H groups in total. The SMILES string of the molecule is COC(=O)C1c2ccccc2C[C@@H](CN)N1C(=O)OC(C)(C)C. The van der Waals surface area contributed by atoms with Gasteiger partial charge in [-0.2, -0.15) is 0 Å². The Morgan fingerprint density at radius 1 is 1.30 bits per heavy atom. The molecule has 23 heavy (non-hydrogen) atoms. The molecule has 0 bridgehead atoms. The first-order valence-corrected chi connectivity index (χ1v) is 7.65. The highest BCUT2D eigenvalue weighted by atomic mass is 16.6. The lowest BCUT2D eigenvalue weighted by Crippen LogP contribution is -2.54. The third-order valence-electron chi connectivity index (χ3n) is 3.78. The van der Waals surface area contributed by atoms with E-state index in [1.165, 1.54) is 12.0 Å². The van der Waals surface area contributed by atoms with Crippen LogP contribution in [0, 0.1) is 0 Å². The molecule has 0 saturated heterocycles. The van der Waals surface area contributed by atoms with Gasteiger partial charge in [0.15, 0.2) is 6.04 Å². The Bertz CT molecular complexity index is 595. The second-order valence-electron chi connectivity index (χ2n) is 6.61. The number of nitrogens with two attached hydrogens (primary N) is 1. The predicted molar refractivity (Wildman–Crippen MR) is 85.8 cm³/mol. The van der Waals surface area contributed by atoms with Crippen molar-refractivity contribution in [1.82, 2.24) is 4.90 Å². The van der Waals surface area contributed by atoms with Gasteiger partial charge in [-0.25, -0.2) is 9.59 Å².